The van der Waals surface area contributed by atoms with Crippen LogP contribution in [-0.2, 0) is 16.2 Å². The molecule has 168 valence electrons. The molecule has 0 amide bonds. The summed E-state index contributed by atoms with van der Waals surface area (Å²) in [5.41, 5.74) is 0. The van der Waals surface area contributed by atoms with Gasteiger partial charge in [-0.25, -0.2) is 0 Å². The van der Waals surface area contributed by atoms with E-state index in [9.17, 15) is 0 Å². The van der Waals surface area contributed by atoms with Crippen molar-refractivity contribution < 1.29 is 9.47 Å². The molecule has 0 aliphatic carbocycles. The lowest BCUT2D eigenvalue weighted by Gasteiger charge is -2.14. The molecule has 0 radical (unpaired) electrons. The predicted molar refractivity (Wildman–Crippen MR) is 131 cm³/mol. The molecule has 2 aromatic heterocycles. The van der Waals surface area contributed by atoms with Gasteiger partial charge in [-0.05, 0) is 43.9 Å². The minimum absolute atomic E-state index is 0.338. The Balaban J connectivity index is 0.000000446. The second kappa shape index (κ2) is 15.7. The quantitative estimate of drug-likeness (QED) is 0.236. The van der Waals surface area contributed by atoms with Gasteiger partial charge in [-0.3, -0.25) is 0 Å². The lowest BCUT2D eigenvalue weighted by Crippen LogP contribution is -2.22. The van der Waals surface area contributed by atoms with Crippen molar-refractivity contribution in [1.82, 2.24) is 30.4 Å². The highest BCUT2D eigenvalue weighted by molar-refractivity contribution is 9.10. The van der Waals surface area contributed by atoms with Crippen molar-refractivity contribution in [3.8, 4) is 0 Å². The lowest BCUT2D eigenvalue weighted by atomic mass is 10.8. The van der Waals surface area contributed by atoms with Crippen molar-refractivity contribution in [3.05, 3.63) is 21.6 Å². The first-order valence-corrected chi connectivity index (χ1v) is 18.7. The molecule has 0 aliphatic rings. The average molecular weight is 593 g/mol. The molecule has 13 heteroatoms. The lowest BCUT2D eigenvalue weighted by molar-refractivity contribution is 0.0683. The summed E-state index contributed by atoms with van der Waals surface area (Å²) in [4.78, 5) is 1.54. The molecule has 2 aromatic rings. The van der Waals surface area contributed by atoms with Gasteiger partial charge in [-0.2, -0.15) is 20.2 Å². The number of rotatable bonds is 9. The molecule has 0 aromatic carbocycles. The third-order valence-electron chi connectivity index (χ3n) is 3.17. The number of halogens is 3. The van der Waals surface area contributed by atoms with Gasteiger partial charge in [-0.1, -0.05) is 50.9 Å². The molecule has 0 saturated heterocycles. The summed E-state index contributed by atoms with van der Waals surface area (Å²) in [6.07, 6.45) is 3.24. The van der Waals surface area contributed by atoms with Crippen molar-refractivity contribution in [2.24, 2.45) is 0 Å². The van der Waals surface area contributed by atoms with Crippen LogP contribution in [0.25, 0.3) is 0 Å². The monoisotopic (exact) mass is 590 g/mol. The van der Waals surface area contributed by atoms with E-state index in [2.05, 4.69) is 96.8 Å². The molecular weight excluding hydrogens is 560 g/mol. The molecule has 0 unspecified atom stereocenters. The molecule has 29 heavy (non-hydrogen) atoms. The third-order valence-corrected chi connectivity index (χ3v) is 7.48. The van der Waals surface area contributed by atoms with Crippen LogP contribution in [-0.4, -0.2) is 65.8 Å². The van der Waals surface area contributed by atoms with Crippen LogP contribution >= 0.6 is 43.5 Å². The van der Waals surface area contributed by atoms with Crippen molar-refractivity contribution in [2.75, 3.05) is 19.3 Å². The molecule has 0 atom stereocenters. The summed E-state index contributed by atoms with van der Waals surface area (Å²) in [7, 11) is -1.85. The first-order chi connectivity index (χ1) is 13.4. The zero-order valence-corrected chi connectivity index (χ0v) is 24.0. The van der Waals surface area contributed by atoms with Gasteiger partial charge in [0.25, 0.3) is 0 Å². The maximum Gasteiger partial charge on any atom is 0.158 e. The third kappa shape index (κ3) is 20.9. The van der Waals surface area contributed by atoms with E-state index in [0.29, 0.717) is 12.8 Å². The molecule has 8 nitrogen and oxygen atoms in total. The minimum Gasteiger partial charge on any atom is -0.366 e. The Labute approximate surface area is 197 Å². The van der Waals surface area contributed by atoms with Gasteiger partial charge in [0.15, 0.2) is 6.73 Å². The van der Waals surface area contributed by atoms with Crippen LogP contribution in [0.3, 0.4) is 0 Å². The Morgan fingerprint density at radius 3 is 1.90 bits per heavy atom. The van der Waals surface area contributed by atoms with E-state index in [-0.39, 0.29) is 0 Å². The van der Waals surface area contributed by atoms with Gasteiger partial charge in [-0.15, -0.1) is 10.2 Å². The van der Waals surface area contributed by atoms with Gasteiger partial charge in [0.05, 0.1) is 12.4 Å². The predicted octanol–water partition coefficient (Wildman–Crippen LogP) is 5.46. The summed E-state index contributed by atoms with van der Waals surface area (Å²) in [5, 5.41) is 17.6. The topological polar surface area (TPSA) is 90.7 Å². The molecule has 0 fully saturated rings. The number of alkyl halides is 1. The largest absolute Gasteiger partial charge is 0.366 e. The van der Waals surface area contributed by atoms with Crippen molar-refractivity contribution in [1.29, 1.82) is 0 Å². The molecule has 0 spiro atoms. The minimum atomic E-state index is -0.975. The number of hydrogen-bond donors (Lipinski definition) is 1. The zero-order valence-electron chi connectivity index (χ0n) is 18.1. The Bertz CT molecular complexity index is 636. The highest BCUT2D eigenvalue weighted by Gasteiger charge is 2.12. The molecule has 2 rings (SSSR count). The van der Waals surface area contributed by atoms with E-state index in [1.165, 1.54) is 16.9 Å². The van der Waals surface area contributed by atoms with Gasteiger partial charge in [0, 0.05) is 29.4 Å². The number of aromatic amines is 1. The molecule has 0 bridgehead atoms. The summed E-state index contributed by atoms with van der Waals surface area (Å²) in [6.45, 7) is 16.0. The van der Waals surface area contributed by atoms with Gasteiger partial charge >= 0.3 is 0 Å². The van der Waals surface area contributed by atoms with Crippen molar-refractivity contribution in [2.45, 2.75) is 58.1 Å². The maximum absolute atomic E-state index is 5.46. The fourth-order valence-corrected chi connectivity index (χ4v) is 3.56. The smallest absolute Gasteiger partial charge is 0.158 e. The standard InChI is InChI=1S/C8H16BrN3OSi.C6H15ClOSi.C2H2BrN3/c1-14(2,3)5-4-13-7-12-10-6-8(9)11-12;1-9(2,3)5-4-8-6-7;3-2-1-4-6-5-2/h6H,4-5,7H2,1-3H3;4-6H2,1-3H3;1H,(H,4,5,6). The second-order valence-corrected chi connectivity index (χ2v) is 21.6. The molecular formula is C16H33Br2ClN6O2Si2. The van der Waals surface area contributed by atoms with Crippen LogP contribution in [0.15, 0.2) is 21.6 Å². The van der Waals surface area contributed by atoms with E-state index in [1.54, 1.807) is 12.4 Å². The van der Waals surface area contributed by atoms with E-state index in [4.69, 9.17) is 21.1 Å². The molecule has 0 saturated carbocycles. The van der Waals surface area contributed by atoms with Crippen LogP contribution in [0.2, 0.25) is 51.4 Å². The van der Waals surface area contributed by atoms with Crippen LogP contribution < -0.4 is 0 Å². The number of nitrogens with zero attached hydrogens (tertiary/aromatic N) is 5. The maximum atomic E-state index is 5.46. The van der Waals surface area contributed by atoms with Crippen LogP contribution in [0.5, 0.6) is 0 Å². The first-order valence-electron chi connectivity index (χ1n) is 9.21. The fraction of sp³-hybridized carbons (Fsp3) is 0.750. The highest BCUT2D eigenvalue weighted by Crippen LogP contribution is 2.08. The average Bonchev–Trinajstić information content (AvgIpc) is 3.22. The normalized spacial score (nSPS) is 11.3. The Hall–Kier alpha value is -0.116. The number of hydrogen-bond acceptors (Lipinski definition) is 6. The fourth-order valence-electron chi connectivity index (χ4n) is 1.48. The number of ether oxygens (including phenoxy) is 2. The highest BCUT2D eigenvalue weighted by atomic mass is 79.9. The SMILES string of the molecule is Brc1cn[nH]n1.C[Si](C)(C)CCOCCl.C[Si](C)(C)CCOCn1ncc(Br)n1. The first kappa shape index (κ1) is 28.9. The number of nitrogens with one attached hydrogen (secondary N) is 1. The van der Waals surface area contributed by atoms with E-state index >= 15 is 0 Å². The van der Waals surface area contributed by atoms with Gasteiger partial charge in [0.1, 0.15) is 15.3 Å². The zero-order chi connectivity index (χ0) is 22.3. The van der Waals surface area contributed by atoms with E-state index < -0.39 is 16.1 Å². The Morgan fingerprint density at radius 1 is 0.966 bits per heavy atom. The summed E-state index contributed by atoms with van der Waals surface area (Å²) >= 11 is 11.6. The van der Waals surface area contributed by atoms with E-state index in [0.717, 1.165) is 22.4 Å². The number of aromatic nitrogens is 6. The van der Waals surface area contributed by atoms with Crippen LogP contribution in [0.1, 0.15) is 0 Å². The Morgan fingerprint density at radius 2 is 1.55 bits per heavy atom. The van der Waals surface area contributed by atoms with Crippen molar-refractivity contribution in [3.63, 3.8) is 0 Å². The van der Waals surface area contributed by atoms with Crippen LogP contribution in [0, 0.1) is 0 Å². The van der Waals surface area contributed by atoms with Crippen molar-refractivity contribution >= 4 is 59.6 Å². The summed E-state index contributed by atoms with van der Waals surface area (Å²) in [6, 6.07) is 2.72. The van der Waals surface area contributed by atoms with E-state index in [1.807, 2.05) is 0 Å². The molecule has 2 heterocycles. The van der Waals surface area contributed by atoms with Crippen LogP contribution in [0.4, 0.5) is 0 Å². The molecule has 1 N–H and O–H groups in total. The summed E-state index contributed by atoms with van der Waals surface area (Å²) in [5.74, 6) is 0. The number of H-pyrrole nitrogens is 1. The van der Waals surface area contributed by atoms with Gasteiger partial charge < -0.3 is 9.47 Å². The molecule has 0 aliphatic heterocycles. The second-order valence-electron chi connectivity index (χ2n) is 8.51. The summed E-state index contributed by atoms with van der Waals surface area (Å²) < 4.78 is 12.0. The Kier molecular flexibility index (Phi) is 15.6. The van der Waals surface area contributed by atoms with Gasteiger partial charge in [0.2, 0.25) is 0 Å².